The Labute approximate surface area is 192 Å². The smallest absolute Gasteiger partial charge is 0.149 e. The van der Waals surface area contributed by atoms with Crippen LogP contribution in [0.3, 0.4) is 0 Å². The van der Waals surface area contributed by atoms with Crippen LogP contribution in [-0.2, 0) is 5.41 Å². The normalized spacial score (nSPS) is 21.0. The number of halogens is 1. The van der Waals surface area contributed by atoms with E-state index in [0.29, 0.717) is 5.92 Å². The Morgan fingerprint density at radius 3 is 2.23 bits per heavy atom. The standard InChI is InChI=1S/C27H30BrN3/c1-14(2)17-10-11-20(28)24-23(17)25-29-21-12-18-15-6-8-16(9-7-15)19(18)13-22(21)31(25)26(30-24)27(3,4)5/h10-16H,6-9H2,1-5H3. The molecule has 0 radical (unpaired) electrons. The molecule has 4 heteroatoms. The lowest BCUT2D eigenvalue weighted by Crippen LogP contribution is -2.22. The van der Waals surface area contributed by atoms with E-state index in [1.165, 1.54) is 42.1 Å². The van der Waals surface area contributed by atoms with Crippen LogP contribution >= 0.6 is 15.9 Å². The predicted molar refractivity (Wildman–Crippen MR) is 132 cm³/mol. The zero-order chi connectivity index (χ0) is 21.7. The summed E-state index contributed by atoms with van der Waals surface area (Å²) in [5.41, 5.74) is 8.82. The van der Waals surface area contributed by atoms with Crippen molar-refractivity contribution in [2.24, 2.45) is 0 Å². The SMILES string of the molecule is CC(C)c1ccc(Br)c2nc(C(C)(C)C)n3c4cc5c(cc4nc3c12)C1CCC5CC1. The Hall–Kier alpha value is -1.94. The van der Waals surface area contributed by atoms with Gasteiger partial charge in [0, 0.05) is 15.3 Å². The van der Waals surface area contributed by atoms with Crippen molar-refractivity contribution in [1.82, 2.24) is 14.4 Å². The summed E-state index contributed by atoms with van der Waals surface area (Å²) in [5.74, 6) is 2.94. The summed E-state index contributed by atoms with van der Waals surface area (Å²) >= 11 is 3.79. The Bertz CT molecular complexity index is 1370. The number of imidazole rings is 1. The number of hydrogen-bond donors (Lipinski definition) is 0. The van der Waals surface area contributed by atoms with Crippen molar-refractivity contribution >= 4 is 43.5 Å². The van der Waals surface area contributed by atoms with Gasteiger partial charge in [0.05, 0.1) is 16.6 Å². The van der Waals surface area contributed by atoms with Gasteiger partial charge in [0.25, 0.3) is 0 Å². The van der Waals surface area contributed by atoms with Crippen LogP contribution in [0.5, 0.6) is 0 Å². The van der Waals surface area contributed by atoms with Gasteiger partial charge in [-0.05, 0) is 94.3 Å². The van der Waals surface area contributed by atoms with Crippen LogP contribution in [0.2, 0.25) is 0 Å². The molecule has 3 nitrogen and oxygen atoms in total. The fourth-order valence-corrected chi connectivity index (χ4v) is 6.45. The Morgan fingerprint density at radius 1 is 0.968 bits per heavy atom. The largest absolute Gasteiger partial charge is 0.279 e. The topological polar surface area (TPSA) is 30.2 Å². The molecule has 7 rings (SSSR count). The highest BCUT2D eigenvalue weighted by molar-refractivity contribution is 9.10. The van der Waals surface area contributed by atoms with Crippen LogP contribution in [0.4, 0.5) is 0 Å². The number of benzene rings is 2. The second-order valence-electron chi connectivity index (χ2n) is 11.0. The van der Waals surface area contributed by atoms with E-state index >= 15 is 0 Å². The van der Waals surface area contributed by atoms with E-state index in [9.17, 15) is 0 Å². The molecule has 2 bridgehead atoms. The number of aromatic nitrogens is 3. The van der Waals surface area contributed by atoms with E-state index in [0.717, 1.165) is 38.8 Å². The van der Waals surface area contributed by atoms with Gasteiger partial charge in [0.15, 0.2) is 0 Å². The molecule has 1 saturated carbocycles. The lowest BCUT2D eigenvalue weighted by Gasteiger charge is -2.38. The first-order valence-corrected chi connectivity index (χ1v) is 12.5. The van der Waals surface area contributed by atoms with Crippen molar-refractivity contribution in [3.05, 3.63) is 51.3 Å². The molecule has 0 amide bonds. The molecule has 2 aromatic carbocycles. The number of fused-ring (bicyclic) bond motifs is 7. The van der Waals surface area contributed by atoms with E-state index in [1.807, 2.05) is 0 Å². The molecule has 2 heterocycles. The quantitative estimate of drug-likeness (QED) is 0.279. The van der Waals surface area contributed by atoms with Crippen LogP contribution in [0, 0.1) is 0 Å². The third-order valence-corrected chi connectivity index (χ3v) is 8.21. The summed E-state index contributed by atoms with van der Waals surface area (Å²) in [6.07, 6.45) is 5.38. The minimum Gasteiger partial charge on any atom is -0.279 e. The maximum absolute atomic E-state index is 5.30. The van der Waals surface area contributed by atoms with Crippen LogP contribution in [-0.4, -0.2) is 14.4 Å². The summed E-state index contributed by atoms with van der Waals surface area (Å²) in [5, 5.41) is 1.19. The maximum Gasteiger partial charge on any atom is 0.149 e. The second-order valence-corrected chi connectivity index (χ2v) is 11.8. The van der Waals surface area contributed by atoms with Gasteiger partial charge < -0.3 is 0 Å². The molecule has 0 aliphatic heterocycles. The van der Waals surface area contributed by atoms with Gasteiger partial charge in [-0.15, -0.1) is 0 Å². The summed E-state index contributed by atoms with van der Waals surface area (Å²) < 4.78 is 3.42. The molecule has 0 spiro atoms. The monoisotopic (exact) mass is 475 g/mol. The molecule has 0 atom stereocenters. The molecule has 160 valence electrons. The zero-order valence-corrected chi connectivity index (χ0v) is 20.7. The fourth-order valence-electron chi connectivity index (χ4n) is 6.03. The lowest BCUT2D eigenvalue weighted by atomic mass is 9.67. The van der Waals surface area contributed by atoms with E-state index < -0.39 is 0 Å². The van der Waals surface area contributed by atoms with Crippen LogP contribution in [0.1, 0.15) is 101 Å². The van der Waals surface area contributed by atoms with Crippen LogP contribution < -0.4 is 0 Å². The molecule has 0 N–H and O–H groups in total. The first-order valence-electron chi connectivity index (χ1n) is 11.7. The predicted octanol–water partition coefficient (Wildman–Crippen LogP) is 7.97. The average molecular weight is 476 g/mol. The molecule has 1 fully saturated rings. The number of rotatable bonds is 1. The average Bonchev–Trinajstić information content (AvgIpc) is 3.10. The minimum atomic E-state index is -0.0950. The van der Waals surface area contributed by atoms with E-state index in [-0.39, 0.29) is 5.41 Å². The van der Waals surface area contributed by atoms with Gasteiger partial charge in [-0.25, -0.2) is 9.97 Å². The van der Waals surface area contributed by atoms with Crippen molar-refractivity contribution in [2.45, 2.75) is 83.5 Å². The Balaban J connectivity index is 1.82. The Kier molecular flexibility index (Phi) is 4.16. The summed E-state index contributed by atoms with van der Waals surface area (Å²) in [6, 6.07) is 9.27. The highest BCUT2D eigenvalue weighted by Crippen LogP contribution is 2.50. The van der Waals surface area contributed by atoms with E-state index in [1.54, 1.807) is 11.1 Å². The summed E-state index contributed by atoms with van der Waals surface area (Å²) in [6.45, 7) is 11.3. The lowest BCUT2D eigenvalue weighted by molar-refractivity contribution is 0.359. The minimum absolute atomic E-state index is 0.0950. The third-order valence-electron chi connectivity index (χ3n) is 7.57. The molecule has 0 saturated heterocycles. The molecular weight excluding hydrogens is 446 g/mol. The van der Waals surface area contributed by atoms with Crippen molar-refractivity contribution in [3.8, 4) is 0 Å². The molecule has 3 aliphatic rings. The second kappa shape index (κ2) is 6.54. The Morgan fingerprint density at radius 2 is 1.61 bits per heavy atom. The van der Waals surface area contributed by atoms with Crippen molar-refractivity contribution in [1.29, 1.82) is 0 Å². The van der Waals surface area contributed by atoms with Gasteiger partial charge in [-0.3, -0.25) is 4.40 Å². The molecule has 4 aromatic rings. The highest BCUT2D eigenvalue weighted by Gasteiger charge is 2.34. The van der Waals surface area contributed by atoms with Gasteiger partial charge in [-0.2, -0.15) is 0 Å². The zero-order valence-electron chi connectivity index (χ0n) is 19.1. The molecular formula is C27H30BrN3. The molecule has 31 heavy (non-hydrogen) atoms. The van der Waals surface area contributed by atoms with Crippen LogP contribution in [0.25, 0.3) is 27.6 Å². The van der Waals surface area contributed by atoms with Crippen molar-refractivity contribution in [3.63, 3.8) is 0 Å². The molecule has 3 aliphatic carbocycles. The van der Waals surface area contributed by atoms with Crippen molar-refractivity contribution < 1.29 is 0 Å². The van der Waals surface area contributed by atoms with Crippen LogP contribution in [0.15, 0.2) is 28.7 Å². The number of nitrogens with zero attached hydrogens (tertiary/aromatic N) is 3. The van der Waals surface area contributed by atoms with Gasteiger partial charge in [-0.1, -0.05) is 40.7 Å². The molecule has 2 aromatic heterocycles. The first kappa shape index (κ1) is 19.7. The third kappa shape index (κ3) is 2.76. The first-order chi connectivity index (χ1) is 14.7. The maximum atomic E-state index is 5.30. The van der Waals surface area contributed by atoms with Gasteiger partial charge >= 0.3 is 0 Å². The van der Waals surface area contributed by atoms with Gasteiger partial charge in [0.1, 0.15) is 11.5 Å². The highest BCUT2D eigenvalue weighted by atomic mass is 79.9. The van der Waals surface area contributed by atoms with Crippen molar-refractivity contribution in [2.75, 3.05) is 0 Å². The number of hydrogen-bond acceptors (Lipinski definition) is 2. The summed E-state index contributed by atoms with van der Waals surface area (Å²) in [4.78, 5) is 10.6. The summed E-state index contributed by atoms with van der Waals surface area (Å²) in [7, 11) is 0. The molecule has 0 unspecified atom stereocenters. The van der Waals surface area contributed by atoms with Gasteiger partial charge in [0.2, 0.25) is 0 Å². The fraction of sp³-hybridized carbons (Fsp3) is 0.481. The van der Waals surface area contributed by atoms with E-state index in [2.05, 4.69) is 79.2 Å². The van der Waals surface area contributed by atoms with E-state index in [4.69, 9.17) is 9.97 Å².